The Morgan fingerprint density at radius 3 is 2.73 bits per heavy atom. The molecule has 3 aromatic rings. The lowest BCUT2D eigenvalue weighted by atomic mass is 10.1. The Bertz CT molecular complexity index is 887. The van der Waals surface area contributed by atoms with E-state index < -0.39 is 0 Å². The van der Waals surface area contributed by atoms with Crippen molar-refractivity contribution in [1.29, 1.82) is 0 Å². The number of nitrogens with one attached hydrogen (secondary N) is 1. The fourth-order valence-corrected chi connectivity index (χ4v) is 3.17. The third-order valence-electron chi connectivity index (χ3n) is 4.94. The van der Waals surface area contributed by atoms with E-state index in [1.54, 1.807) is 0 Å². The van der Waals surface area contributed by atoms with Gasteiger partial charge in [-0.2, -0.15) is 0 Å². The van der Waals surface area contributed by atoms with Gasteiger partial charge >= 0.3 is 6.03 Å². The molecule has 0 aliphatic heterocycles. The maximum Gasteiger partial charge on any atom is 0.318 e. The van der Waals surface area contributed by atoms with E-state index in [4.69, 9.17) is 0 Å². The normalized spacial score (nSPS) is 15.0. The molecule has 2 aromatic heterocycles. The van der Waals surface area contributed by atoms with E-state index in [1.807, 2.05) is 51.9 Å². The van der Waals surface area contributed by atoms with E-state index in [0.29, 0.717) is 12.5 Å². The van der Waals surface area contributed by atoms with Crippen molar-refractivity contribution < 1.29 is 4.79 Å². The zero-order chi connectivity index (χ0) is 17.9. The molecule has 1 atom stereocenters. The Morgan fingerprint density at radius 2 is 1.96 bits per heavy atom. The molecule has 2 amide bonds. The summed E-state index contributed by atoms with van der Waals surface area (Å²) in [5.74, 6) is 1.36. The molecule has 1 aliphatic rings. The summed E-state index contributed by atoms with van der Waals surface area (Å²) in [7, 11) is 0. The number of carbonyl (C=O) groups is 1. The van der Waals surface area contributed by atoms with Crippen molar-refractivity contribution in [1.82, 2.24) is 24.8 Å². The molecule has 0 saturated heterocycles. The number of nitrogens with zero attached hydrogens (tertiary/aromatic N) is 4. The van der Waals surface area contributed by atoms with Crippen molar-refractivity contribution in [3.8, 4) is 0 Å². The highest BCUT2D eigenvalue weighted by Gasteiger charge is 2.30. The van der Waals surface area contributed by atoms with Crippen LogP contribution in [0.2, 0.25) is 0 Å². The van der Waals surface area contributed by atoms with E-state index in [1.165, 1.54) is 12.8 Å². The van der Waals surface area contributed by atoms with Gasteiger partial charge in [0.15, 0.2) is 11.5 Å². The van der Waals surface area contributed by atoms with Gasteiger partial charge in [0.1, 0.15) is 0 Å². The van der Waals surface area contributed by atoms with Gasteiger partial charge in [0, 0.05) is 12.7 Å². The Balaban J connectivity index is 1.47. The number of rotatable bonds is 6. The zero-order valence-corrected chi connectivity index (χ0v) is 14.9. The topological polar surface area (TPSA) is 62.5 Å². The van der Waals surface area contributed by atoms with Crippen molar-refractivity contribution in [2.75, 3.05) is 6.54 Å². The predicted molar refractivity (Wildman–Crippen MR) is 99.5 cm³/mol. The first-order chi connectivity index (χ1) is 12.7. The molecule has 0 bridgehead atoms. The monoisotopic (exact) mass is 349 g/mol. The van der Waals surface area contributed by atoms with E-state index in [0.717, 1.165) is 23.6 Å². The Hall–Kier alpha value is -2.89. The van der Waals surface area contributed by atoms with Crippen LogP contribution in [-0.4, -0.2) is 32.1 Å². The second-order valence-electron chi connectivity index (χ2n) is 6.89. The molecule has 1 aliphatic carbocycles. The summed E-state index contributed by atoms with van der Waals surface area (Å²) in [5.41, 5.74) is 1.93. The maximum absolute atomic E-state index is 12.9. The largest absolute Gasteiger partial charge is 0.331 e. The number of hydrogen-bond acceptors (Lipinski definition) is 3. The van der Waals surface area contributed by atoms with Crippen LogP contribution in [0.3, 0.4) is 0 Å². The summed E-state index contributed by atoms with van der Waals surface area (Å²) in [6.07, 6.45) is 4.32. The highest BCUT2D eigenvalue weighted by atomic mass is 16.2. The van der Waals surface area contributed by atoms with Crippen molar-refractivity contribution in [2.24, 2.45) is 5.92 Å². The van der Waals surface area contributed by atoms with E-state index >= 15 is 0 Å². The van der Waals surface area contributed by atoms with Crippen LogP contribution in [0, 0.1) is 5.92 Å². The first kappa shape index (κ1) is 16.6. The zero-order valence-electron chi connectivity index (χ0n) is 14.9. The Morgan fingerprint density at radius 1 is 1.19 bits per heavy atom. The first-order valence-electron chi connectivity index (χ1n) is 9.10. The minimum Gasteiger partial charge on any atom is -0.331 e. The molecule has 134 valence electrons. The second kappa shape index (κ2) is 7.15. The molecule has 1 saturated carbocycles. The molecular weight excluding hydrogens is 326 g/mol. The van der Waals surface area contributed by atoms with Crippen molar-refractivity contribution >= 4 is 11.7 Å². The van der Waals surface area contributed by atoms with Gasteiger partial charge in [0.2, 0.25) is 0 Å². The predicted octanol–water partition coefficient (Wildman–Crippen LogP) is 3.41. The van der Waals surface area contributed by atoms with E-state index in [2.05, 4.69) is 34.6 Å². The van der Waals surface area contributed by atoms with Crippen molar-refractivity contribution in [3.63, 3.8) is 0 Å². The molecule has 6 nitrogen and oxygen atoms in total. The summed E-state index contributed by atoms with van der Waals surface area (Å²) >= 11 is 0. The van der Waals surface area contributed by atoms with Crippen LogP contribution in [0.1, 0.15) is 37.2 Å². The quantitative estimate of drug-likeness (QED) is 0.742. The van der Waals surface area contributed by atoms with Crippen LogP contribution in [0.15, 0.2) is 54.7 Å². The lowest BCUT2D eigenvalue weighted by molar-refractivity contribution is 0.175. The van der Waals surface area contributed by atoms with Crippen LogP contribution < -0.4 is 5.32 Å². The number of benzene rings is 1. The second-order valence-corrected chi connectivity index (χ2v) is 6.89. The smallest absolute Gasteiger partial charge is 0.318 e. The SMILES string of the molecule is C[C@@H](c1ccccc1)N(CC1CC1)C(=O)NCc1nnc2ccccn12. The van der Waals surface area contributed by atoms with Crippen LogP contribution in [0.5, 0.6) is 0 Å². The average molecular weight is 349 g/mol. The summed E-state index contributed by atoms with van der Waals surface area (Å²) in [6.45, 7) is 3.24. The summed E-state index contributed by atoms with van der Waals surface area (Å²) in [6, 6.07) is 15.9. The number of hydrogen-bond donors (Lipinski definition) is 1. The lowest BCUT2D eigenvalue weighted by Crippen LogP contribution is -2.42. The van der Waals surface area contributed by atoms with Crippen LogP contribution in [0.25, 0.3) is 5.65 Å². The minimum atomic E-state index is -0.0547. The number of fused-ring (bicyclic) bond motifs is 1. The molecule has 2 heterocycles. The van der Waals surface area contributed by atoms with Gasteiger partial charge in [-0.3, -0.25) is 4.40 Å². The maximum atomic E-state index is 12.9. The van der Waals surface area contributed by atoms with Gasteiger partial charge in [-0.05, 0) is 43.4 Å². The molecule has 0 radical (unpaired) electrons. The van der Waals surface area contributed by atoms with Crippen LogP contribution >= 0.6 is 0 Å². The van der Waals surface area contributed by atoms with Crippen molar-refractivity contribution in [2.45, 2.75) is 32.4 Å². The summed E-state index contributed by atoms with van der Waals surface area (Å²) < 4.78 is 1.89. The molecule has 1 aromatic carbocycles. The molecule has 1 N–H and O–H groups in total. The number of carbonyl (C=O) groups excluding carboxylic acids is 1. The third kappa shape index (κ3) is 3.54. The standard InChI is InChI=1S/C20H23N5O/c1-15(17-7-3-2-4-8-17)25(14-16-10-11-16)20(26)21-13-19-23-22-18-9-5-6-12-24(18)19/h2-9,12,15-16H,10-11,13-14H2,1H3,(H,21,26)/t15-/m0/s1. The Kier molecular flexibility index (Phi) is 4.56. The summed E-state index contributed by atoms with van der Waals surface area (Å²) in [4.78, 5) is 14.9. The minimum absolute atomic E-state index is 0.0342. The van der Waals surface area contributed by atoms with Gasteiger partial charge in [-0.1, -0.05) is 36.4 Å². The van der Waals surface area contributed by atoms with Gasteiger partial charge in [-0.15, -0.1) is 10.2 Å². The summed E-state index contributed by atoms with van der Waals surface area (Å²) in [5, 5.41) is 11.3. The highest BCUT2D eigenvalue weighted by Crippen LogP contribution is 2.32. The molecule has 6 heteroatoms. The Labute approximate surface area is 152 Å². The molecule has 0 spiro atoms. The van der Waals surface area contributed by atoms with Crippen LogP contribution in [-0.2, 0) is 6.54 Å². The molecular formula is C20H23N5O. The average Bonchev–Trinajstić information content (AvgIpc) is 3.42. The fourth-order valence-electron chi connectivity index (χ4n) is 3.17. The molecule has 4 rings (SSSR count). The number of aromatic nitrogens is 3. The van der Waals surface area contributed by atoms with Gasteiger partial charge in [0.25, 0.3) is 0 Å². The van der Waals surface area contributed by atoms with Crippen LogP contribution in [0.4, 0.5) is 4.79 Å². The van der Waals surface area contributed by atoms with E-state index in [-0.39, 0.29) is 12.1 Å². The first-order valence-corrected chi connectivity index (χ1v) is 9.10. The molecule has 26 heavy (non-hydrogen) atoms. The molecule has 1 fully saturated rings. The number of amides is 2. The molecule has 0 unspecified atom stereocenters. The van der Waals surface area contributed by atoms with Crippen molar-refractivity contribution in [3.05, 3.63) is 66.1 Å². The fraction of sp³-hybridized carbons (Fsp3) is 0.350. The van der Waals surface area contributed by atoms with E-state index in [9.17, 15) is 4.79 Å². The van der Waals surface area contributed by atoms with Gasteiger partial charge < -0.3 is 10.2 Å². The highest BCUT2D eigenvalue weighted by molar-refractivity contribution is 5.74. The number of urea groups is 1. The third-order valence-corrected chi connectivity index (χ3v) is 4.94. The van der Waals surface area contributed by atoms with Gasteiger partial charge in [-0.25, -0.2) is 4.79 Å². The lowest BCUT2D eigenvalue weighted by Gasteiger charge is -2.30. The number of pyridine rings is 1. The van der Waals surface area contributed by atoms with Gasteiger partial charge in [0.05, 0.1) is 12.6 Å².